The predicted molar refractivity (Wildman–Crippen MR) is 64.3 cm³/mol. The Bertz CT molecular complexity index is 410. The number of aromatic hydroxyl groups is 1. The highest BCUT2D eigenvalue weighted by atomic mass is 16.5. The Morgan fingerprint density at radius 3 is 2.59 bits per heavy atom. The minimum absolute atomic E-state index is 0.0955. The molecule has 0 unspecified atom stereocenters. The number of rotatable bonds is 4. The van der Waals surface area contributed by atoms with E-state index in [1.807, 2.05) is 0 Å². The standard InChI is InChI=1S/C13H18O4/c1-5-17-12(15)13(2,3)10-8-9(14)6-7-11(10)16-4/h6-8,14H,5H2,1-4H3. The normalized spacial score (nSPS) is 11.1. The van der Waals surface area contributed by atoms with Crippen LogP contribution < -0.4 is 4.74 Å². The Kier molecular flexibility index (Phi) is 3.99. The van der Waals surface area contributed by atoms with E-state index < -0.39 is 5.41 Å². The second-order valence-electron chi connectivity index (χ2n) is 4.23. The van der Waals surface area contributed by atoms with E-state index in [1.165, 1.54) is 19.2 Å². The van der Waals surface area contributed by atoms with Gasteiger partial charge in [0.05, 0.1) is 19.1 Å². The van der Waals surface area contributed by atoms with Crippen molar-refractivity contribution in [2.45, 2.75) is 26.2 Å². The summed E-state index contributed by atoms with van der Waals surface area (Å²) in [5.74, 6) is 0.308. The summed E-state index contributed by atoms with van der Waals surface area (Å²) in [6, 6.07) is 4.67. The van der Waals surface area contributed by atoms with Crippen molar-refractivity contribution in [3.63, 3.8) is 0 Å². The molecule has 94 valence electrons. The third-order valence-electron chi connectivity index (χ3n) is 2.64. The molecule has 0 aliphatic carbocycles. The highest BCUT2D eigenvalue weighted by Gasteiger charge is 2.34. The lowest BCUT2D eigenvalue weighted by Gasteiger charge is -2.24. The third-order valence-corrected chi connectivity index (χ3v) is 2.64. The smallest absolute Gasteiger partial charge is 0.316 e. The van der Waals surface area contributed by atoms with Crippen molar-refractivity contribution in [1.82, 2.24) is 0 Å². The minimum Gasteiger partial charge on any atom is -0.508 e. The van der Waals surface area contributed by atoms with Gasteiger partial charge in [-0.25, -0.2) is 0 Å². The fraction of sp³-hybridized carbons (Fsp3) is 0.462. The zero-order chi connectivity index (χ0) is 13.1. The van der Waals surface area contributed by atoms with E-state index >= 15 is 0 Å². The number of hydrogen-bond acceptors (Lipinski definition) is 4. The molecule has 1 rings (SSSR count). The lowest BCUT2D eigenvalue weighted by molar-refractivity contribution is -0.148. The molecule has 0 spiro atoms. The van der Waals surface area contributed by atoms with E-state index in [4.69, 9.17) is 9.47 Å². The van der Waals surface area contributed by atoms with Gasteiger partial charge in [-0.15, -0.1) is 0 Å². The molecule has 0 bridgehead atoms. The second-order valence-corrected chi connectivity index (χ2v) is 4.23. The molecule has 0 aliphatic rings. The number of methoxy groups -OCH3 is 1. The van der Waals surface area contributed by atoms with E-state index in [0.29, 0.717) is 17.9 Å². The van der Waals surface area contributed by atoms with Crippen molar-refractivity contribution in [3.8, 4) is 11.5 Å². The Hall–Kier alpha value is -1.71. The minimum atomic E-state index is -0.861. The van der Waals surface area contributed by atoms with E-state index in [9.17, 15) is 9.90 Å². The van der Waals surface area contributed by atoms with Crippen LogP contribution in [0.15, 0.2) is 18.2 Å². The Balaban J connectivity index is 3.21. The van der Waals surface area contributed by atoms with Crippen LogP contribution in [0, 0.1) is 0 Å². The number of esters is 1. The molecule has 0 saturated heterocycles. The Morgan fingerprint density at radius 1 is 1.41 bits per heavy atom. The van der Waals surface area contributed by atoms with Gasteiger partial charge in [-0.2, -0.15) is 0 Å². The second kappa shape index (κ2) is 5.08. The summed E-state index contributed by atoms with van der Waals surface area (Å²) in [7, 11) is 1.52. The van der Waals surface area contributed by atoms with Crippen molar-refractivity contribution < 1.29 is 19.4 Å². The van der Waals surface area contributed by atoms with Crippen molar-refractivity contribution in [1.29, 1.82) is 0 Å². The van der Waals surface area contributed by atoms with Crippen molar-refractivity contribution in [2.75, 3.05) is 13.7 Å². The molecule has 4 heteroatoms. The van der Waals surface area contributed by atoms with Gasteiger partial charge in [0.1, 0.15) is 11.5 Å². The maximum absolute atomic E-state index is 11.9. The molecule has 0 saturated carbocycles. The SMILES string of the molecule is CCOC(=O)C(C)(C)c1cc(O)ccc1OC. The summed E-state index contributed by atoms with van der Waals surface area (Å²) in [6.45, 7) is 5.56. The van der Waals surface area contributed by atoms with Crippen LogP contribution in [-0.2, 0) is 14.9 Å². The number of carbonyl (C=O) groups is 1. The van der Waals surface area contributed by atoms with Gasteiger partial charge in [0.2, 0.25) is 0 Å². The topological polar surface area (TPSA) is 55.8 Å². The Morgan fingerprint density at radius 2 is 2.06 bits per heavy atom. The number of carbonyl (C=O) groups excluding carboxylic acids is 1. The van der Waals surface area contributed by atoms with Crippen LogP contribution in [0.5, 0.6) is 11.5 Å². The van der Waals surface area contributed by atoms with Crippen LogP contribution in [0.3, 0.4) is 0 Å². The van der Waals surface area contributed by atoms with Gasteiger partial charge in [-0.1, -0.05) is 0 Å². The monoisotopic (exact) mass is 238 g/mol. The van der Waals surface area contributed by atoms with Gasteiger partial charge >= 0.3 is 5.97 Å². The van der Waals surface area contributed by atoms with Gasteiger partial charge in [-0.3, -0.25) is 4.79 Å². The molecular weight excluding hydrogens is 220 g/mol. The maximum Gasteiger partial charge on any atom is 0.316 e. The van der Waals surface area contributed by atoms with E-state index in [0.717, 1.165) is 0 Å². The summed E-state index contributed by atoms with van der Waals surface area (Å²) in [5, 5.41) is 9.50. The molecule has 1 aromatic rings. The fourth-order valence-corrected chi connectivity index (χ4v) is 1.61. The molecule has 4 nitrogen and oxygen atoms in total. The lowest BCUT2D eigenvalue weighted by Crippen LogP contribution is -2.31. The van der Waals surface area contributed by atoms with Crippen molar-refractivity contribution in [3.05, 3.63) is 23.8 Å². The first kappa shape index (κ1) is 13.4. The van der Waals surface area contributed by atoms with Gasteiger partial charge in [-0.05, 0) is 39.0 Å². The van der Waals surface area contributed by atoms with Gasteiger partial charge < -0.3 is 14.6 Å². The highest BCUT2D eigenvalue weighted by Crippen LogP contribution is 2.35. The van der Waals surface area contributed by atoms with E-state index in [-0.39, 0.29) is 11.7 Å². The average molecular weight is 238 g/mol. The predicted octanol–water partition coefficient (Wildman–Crippen LogP) is 2.24. The van der Waals surface area contributed by atoms with Crippen LogP contribution in [0.4, 0.5) is 0 Å². The fourth-order valence-electron chi connectivity index (χ4n) is 1.61. The summed E-state index contributed by atoms with van der Waals surface area (Å²) in [4.78, 5) is 11.9. The largest absolute Gasteiger partial charge is 0.508 e. The van der Waals surface area contributed by atoms with Crippen LogP contribution in [0.25, 0.3) is 0 Å². The Labute approximate surface area is 101 Å². The maximum atomic E-state index is 11.9. The van der Waals surface area contributed by atoms with E-state index in [2.05, 4.69) is 0 Å². The zero-order valence-electron chi connectivity index (χ0n) is 10.6. The van der Waals surface area contributed by atoms with Crippen molar-refractivity contribution in [2.24, 2.45) is 0 Å². The van der Waals surface area contributed by atoms with E-state index in [1.54, 1.807) is 26.8 Å². The number of phenols is 1. The number of phenolic OH excluding ortho intramolecular Hbond substituents is 1. The molecule has 0 aliphatic heterocycles. The number of hydrogen-bond donors (Lipinski definition) is 1. The molecule has 1 N–H and O–H groups in total. The van der Waals surface area contributed by atoms with Crippen LogP contribution in [-0.4, -0.2) is 24.8 Å². The lowest BCUT2D eigenvalue weighted by atomic mass is 9.84. The molecule has 0 radical (unpaired) electrons. The van der Waals surface area contributed by atoms with Crippen molar-refractivity contribution >= 4 is 5.97 Å². The molecule has 0 aromatic heterocycles. The highest BCUT2D eigenvalue weighted by molar-refractivity contribution is 5.83. The van der Waals surface area contributed by atoms with Crippen LogP contribution in [0.2, 0.25) is 0 Å². The molecule has 0 heterocycles. The first-order chi connectivity index (χ1) is 7.93. The summed E-state index contributed by atoms with van der Waals surface area (Å²) < 4.78 is 10.2. The van der Waals surface area contributed by atoms with Gasteiger partial charge in [0.25, 0.3) is 0 Å². The van der Waals surface area contributed by atoms with Gasteiger partial charge in [0.15, 0.2) is 0 Å². The first-order valence-electron chi connectivity index (χ1n) is 5.48. The quantitative estimate of drug-likeness (QED) is 0.817. The van der Waals surface area contributed by atoms with Gasteiger partial charge in [0, 0.05) is 5.56 Å². The molecular formula is C13H18O4. The van der Waals surface area contributed by atoms with Crippen LogP contribution >= 0.6 is 0 Å². The molecule has 0 amide bonds. The summed E-state index contributed by atoms with van der Waals surface area (Å²) >= 11 is 0. The molecule has 1 aromatic carbocycles. The summed E-state index contributed by atoms with van der Waals surface area (Å²) in [6.07, 6.45) is 0. The molecule has 0 fully saturated rings. The number of benzene rings is 1. The zero-order valence-corrected chi connectivity index (χ0v) is 10.6. The molecule has 0 atom stereocenters. The third kappa shape index (κ3) is 2.70. The number of ether oxygens (including phenoxy) is 2. The summed E-state index contributed by atoms with van der Waals surface area (Å²) in [5.41, 5.74) is -0.251. The first-order valence-corrected chi connectivity index (χ1v) is 5.48. The van der Waals surface area contributed by atoms with Crippen LogP contribution in [0.1, 0.15) is 26.3 Å². The molecule has 17 heavy (non-hydrogen) atoms. The average Bonchev–Trinajstić information content (AvgIpc) is 2.29.